The maximum atomic E-state index is 11.5. The SMILES string of the molecule is C#CCCCCC(=O)NCC1CCNCC1. The summed E-state index contributed by atoms with van der Waals surface area (Å²) >= 11 is 0. The van der Waals surface area contributed by atoms with E-state index < -0.39 is 0 Å². The van der Waals surface area contributed by atoms with Gasteiger partial charge in [0.25, 0.3) is 0 Å². The number of carbonyl (C=O) groups is 1. The van der Waals surface area contributed by atoms with Gasteiger partial charge in [-0.05, 0) is 44.7 Å². The van der Waals surface area contributed by atoms with Crippen LogP contribution in [0.25, 0.3) is 0 Å². The van der Waals surface area contributed by atoms with E-state index in [4.69, 9.17) is 6.42 Å². The van der Waals surface area contributed by atoms with Crippen molar-refractivity contribution >= 4 is 5.91 Å². The highest BCUT2D eigenvalue weighted by Gasteiger charge is 2.13. The van der Waals surface area contributed by atoms with Gasteiger partial charge in [-0.15, -0.1) is 12.3 Å². The van der Waals surface area contributed by atoms with Crippen LogP contribution in [0.3, 0.4) is 0 Å². The van der Waals surface area contributed by atoms with E-state index in [-0.39, 0.29) is 5.91 Å². The van der Waals surface area contributed by atoms with Crippen molar-refractivity contribution in [1.29, 1.82) is 0 Å². The molecule has 0 spiro atoms. The fraction of sp³-hybridized carbons (Fsp3) is 0.769. The van der Waals surface area contributed by atoms with Crippen molar-refractivity contribution in [2.45, 2.75) is 38.5 Å². The number of terminal acetylenes is 1. The standard InChI is InChI=1S/C13H22N2O/c1-2-3-4-5-6-13(16)15-11-12-7-9-14-10-8-12/h1,12,14H,3-11H2,(H,15,16). The molecule has 0 unspecified atom stereocenters. The Labute approximate surface area is 98.4 Å². The van der Waals surface area contributed by atoms with Crippen molar-refractivity contribution in [2.24, 2.45) is 5.92 Å². The van der Waals surface area contributed by atoms with Crippen LogP contribution in [0.2, 0.25) is 0 Å². The van der Waals surface area contributed by atoms with Gasteiger partial charge in [0.05, 0.1) is 0 Å². The maximum Gasteiger partial charge on any atom is 0.220 e. The molecule has 1 amide bonds. The van der Waals surface area contributed by atoms with E-state index >= 15 is 0 Å². The normalized spacial score (nSPS) is 16.7. The first-order valence-electron chi connectivity index (χ1n) is 6.24. The first kappa shape index (κ1) is 13.1. The lowest BCUT2D eigenvalue weighted by atomic mass is 9.98. The topological polar surface area (TPSA) is 41.1 Å². The number of amides is 1. The van der Waals surface area contributed by atoms with Gasteiger partial charge in [-0.2, -0.15) is 0 Å². The van der Waals surface area contributed by atoms with Crippen LogP contribution in [-0.4, -0.2) is 25.5 Å². The third-order valence-corrected chi connectivity index (χ3v) is 3.02. The summed E-state index contributed by atoms with van der Waals surface area (Å²) in [5.41, 5.74) is 0. The Morgan fingerprint density at radius 1 is 1.38 bits per heavy atom. The lowest BCUT2D eigenvalue weighted by Crippen LogP contribution is -2.35. The molecule has 1 fully saturated rings. The second kappa shape index (κ2) is 8.18. The molecule has 1 saturated heterocycles. The van der Waals surface area contributed by atoms with Gasteiger partial charge in [0.1, 0.15) is 0 Å². The maximum absolute atomic E-state index is 11.5. The van der Waals surface area contributed by atoms with Crippen molar-refractivity contribution in [2.75, 3.05) is 19.6 Å². The van der Waals surface area contributed by atoms with Gasteiger partial charge in [-0.25, -0.2) is 0 Å². The highest BCUT2D eigenvalue weighted by molar-refractivity contribution is 5.75. The molecule has 1 aliphatic heterocycles. The second-order valence-corrected chi connectivity index (χ2v) is 4.41. The second-order valence-electron chi connectivity index (χ2n) is 4.41. The number of nitrogens with one attached hydrogen (secondary N) is 2. The molecule has 0 aromatic heterocycles. The van der Waals surface area contributed by atoms with E-state index in [9.17, 15) is 4.79 Å². The Kier molecular flexibility index (Phi) is 6.67. The number of unbranched alkanes of at least 4 members (excludes halogenated alkanes) is 2. The molecule has 90 valence electrons. The zero-order valence-corrected chi connectivity index (χ0v) is 9.93. The van der Waals surface area contributed by atoms with E-state index in [0.29, 0.717) is 12.3 Å². The lowest BCUT2D eigenvalue weighted by Gasteiger charge is -2.22. The highest BCUT2D eigenvalue weighted by Crippen LogP contribution is 2.10. The Bertz CT molecular complexity index is 239. The van der Waals surface area contributed by atoms with Gasteiger partial charge in [0.15, 0.2) is 0 Å². The fourth-order valence-electron chi connectivity index (χ4n) is 1.95. The molecule has 0 bridgehead atoms. The number of piperidine rings is 1. The summed E-state index contributed by atoms with van der Waals surface area (Å²) in [6.45, 7) is 3.01. The average Bonchev–Trinajstić information content (AvgIpc) is 2.33. The first-order chi connectivity index (χ1) is 7.83. The van der Waals surface area contributed by atoms with Crippen LogP contribution in [-0.2, 0) is 4.79 Å². The highest BCUT2D eigenvalue weighted by atomic mass is 16.1. The van der Waals surface area contributed by atoms with E-state index in [2.05, 4.69) is 16.6 Å². The van der Waals surface area contributed by atoms with Crippen LogP contribution in [0.1, 0.15) is 38.5 Å². The third-order valence-electron chi connectivity index (χ3n) is 3.02. The minimum Gasteiger partial charge on any atom is -0.356 e. The summed E-state index contributed by atoms with van der Waals surface area (Å²) in [6.07, 6.45) is 10.8. The fourth-order valence-corrected chi connectivity index (χ4v) is 1.95. The number of rotatable bonds is 6. The van der Waals surface area contributed by atoms with Gasteiger partial charge >= 0.3 is 0 Å². The van der Waals surface area contributed by atoms with Crippen molar-refractivity contribution < 1.29 is 4.79 Å². The Hall–Kier alpha value is -1.01. The van der Waals surface area contributed by atoms with E-state index in [0.717, 1.165) is 38.9 Å². The molecule has 1 heterocycles. The molecule has 0 radical (unpaired) electrons. The monoisotopic (exact) mass is 222 g/mol. The molecule has 16 heavy (non-hydrogen) atoms. The summed E-state index contributed by atoms with van der Waals surface area (Å²) in [5.74, 6) is 3.43. The summed E-state index contributed by atoms with van der Waals surface area (Å²) < 4.78 is 0. The van der Waals surface area contributed by atoms with Crippen LogP contribution in [0.4, 0.5) is 0 Å². The molecule has 1 rings (SSSR count). The number of carbonyl (C=O) groups excluding carboxylic acids is 1. The third kappa shape index (κ3) is 5.77. The van der Waals surface area contributed by atoms with Gasteiger partial charge in [-0.1, -0.05) is 0 Å². The van der Waals surface area contributed by atoms with Gasteiger partial charge in [0.2, 0.25) is 5.91 Å². The summed E-state index contributed by atoms with van der Waals surface area (Å²) in [5, 5.41) is 6.33. The summed E-state index contributed by atoms with van der Waals surface area (Å²) in [7, 11) is 0. The molecule has 3 heteroatoms. The van der Waals surface area contributed by atoms with E-state index in [1.54, 1.807) is 0 Å². The van der Waals surface area contributed by atoms with E-state index in [1.807, 2.05) is 0 Å². The van der Waals surface area contributed by atoms with Crippen molar-refractivity contribution in [3.63, 3.8) is 0 Å². The lowest BCUT2D eigenvalue weighted by molar-refractivity contribution is -0.121. The Morgan fingerprint density at radius 3 is 2.81 bits per heavy atom. The van der Waals surface area contributed by atoms with Crippen molar-refractivity contribution in [3.8, 4) is 12.3 Å². The van der Waals surface area contributed by atoms with Crippen molar-refractivity contribution in [3.05, 3.63) is 0 Å². The Morgan fingerprint density at radius 2 is 2.12 bits per heavy atom. The molecule has 0 saturated carbocycles. The molecular formula is C13H22N2O. The molecule has 0 aliphatic carbocycles. The molecule has 1 aliphatic rings. The first-order valence-corrected chi connectivity index (χ1v) is 6.24. The zero-order valence-electron chi connectivity index (χ0n) is 9.93. The van der Waals surface area contributed by atoms with E-state index in [1.165, 1.54) is 12.8 Å². The van der Waals surface area contributed by atoms with Crippen LogP contribution in [0.5, 0.6) is 0 Å². The molecule has 0 atom stereocenters. The number of hydrogen-bond donors (Lipinski definition) is 2. The Balaban J connectivity index is 1.99. The van der Waals surface area contributed by atoms with Gasteiger partial charge in [0, 0.05) is 19.4 Å². The average molecular weight is 222 g/mol. The molecule has 3 nitrogen and oxygen atoms in total. The largest absolute Gasteiger partial charge is 0.356 e. The zero-order chi connectivity index (χ0) is 11.6. The molecule has 0 aromatic rings. The smallest absolute Gasteiger partial charge is 0.220 e. The van der Waals surface area contributed by atoms with Crippen molar-refractivity contribution in [1.82, 2.24) is 10.6 Å². The van der Waals surface area contributed by atoms with Crippen LogP contribution in [0.15, 0.2) is 0 Å². The summed E-state index contributed by atoms with van der Waals surface area (Å²) in [4.78, 5) is 11.5. The summed E-state index contributed by atoms with van der Waals surface area (Å²) in [6, 6.07) is 0. The van der Waals surface area contributed by atoms with Gasteiger partial charge in [-0.3, -0.25) is 4.79 Å². The molecule has 0 aromatic carbocycles. The van der Waals surface area contributed by atoms with Gasteiger partial charge < -0.3 is 10.6 Å². The molecular weight excluding hydrogens is 200 g/mol. The minimum absolute atomic E-state index is 0.176. The number of hydrogen-bond acceptors (Lipinski definition) is 2. The quantitative estimate of drug-likeness (QED) is 0.525. The predicted octanol–water partition coefficient (Wildman–Crippen LogP) is 1.30. The van der Waals surface area contributed by atoms with Crippen LogP contribution in [0, 0.1) is 18.3 Å². The minimum atomic E-state index is 0.176. The van der Waals surface area contributed by atoms with Crippen LogP contribution >= 0.6 is 0 Å². The molecule has 2 N–H and O–H groups in total. The van der Waals surface area contributed by atoms with Crippen LogP contribution < -0.4 is 10.6 Å². The predicted molar refractivity (Wildman–Crippen MR) is 65.9 cm³/mol.